The van der Waals surface area contributed by atoms with Crippen LogP contribution in [0.2, 0.25) is 0 Å². The molecule has 2 heteroatoms. The van der Waals surface area contributed by atoms with Crippen LogP contribution in [0.15, 0.2) is 18.2 Å². The van der Waals surface area contributed by atoms with Gasteiger partial charge in [0.15, 0.2) is 0 Å². The van der Waals surface area contributed by atoms with Crippen molar-refractivity contribution in [2.45, 2.75) is 57.9 Å². The summed E-state index contributed by atoms with van der Waals surface area (Å²) < 4.78 is 5.86. The standard InChI is InChI=1S/C15H21NO/c1-10-4-3-5-12(11(10)2)9-16-14-8-13-6-7-15(14)17-13/h3-5,13-16H,6-9H2,1-2H3. The molecule has 1 N–H and O–H groups in total. The quantitative estimate of drug-likeness (QED) is 0.863. The molecule has 2 fully saturated rings. The Bertz CT molecular complexity index is 415. The fourth-order valence-corrected chi connectivity index (χ4v) is 3.10. The van der Waals surface area contributed by atoms with Gasteiger partial charge in [0, 0.05) is 12.6 Å². The van der Waals surface area contributed by atoms with Crippen molar-refractivity contribution in [3.8, 4) is 0 Å². The summed E-state index contributed by atoms with van der Waals surface area (Å²) in [5.41, 5.74) is 4.23. The van der Waals surface area contributed by atoms with Crippen LogP contribution in [0, 0.1) is 13.8 Å². The first-order valence-electron chi connectivity index (χ1n) is 6.68. The number of rotatable bonds is 3. The summed E-state index contributed by atoms with van der Waals surface area (Å²) in [5, 5.41) is 3.67. The van der Waals surface area contributed by atoms with E-state index in [0.717, 1.165) is 6.54 Å². The molecule has 3 atom stereocenters. The molecule has 0 aliphatic carbocycles. The summed E-state index contributed by atoms with van der Waals surface area (Å²) >= 11 is 0. The van der Waals surface area contributed by atoms with Crippen LogP contribution in [-0.4, -0.2) is 18.2 Å². The van der Waals surface area contributed by atoms with Crippen molar-refractivity contribution in [3.05, 3.63) is 34.9 Å². The highest BCUT2D eigenvalue weighted by molar-refractivity contribution is 5.33. The number of benzene rings is 1. The van der Waals surface area contributed by atoms with E-state index >= 15 is 0 Å². The Morgan fingerprint density at radius 3 is 2.88 bits per heavy atom. The largest absolute Gasteiger partial charge is 0.373 e. The molecular weight excluding hydrogens is 210 g/mol. The molecule has 2 aliphatic heterocycles. The highest BCUT2D eigenvalue weighted by Gasteiger charge is 2.40. The van der Waals surface area contributed by atoms with Crippen molar-refractivity contribution in [3.63, 3.8) is 0 Å². The number of hydrogen-bond donors (Lipinski definition) is 1. The molecule has 92 valence electrons. The van der Waals surface area contributed by atoms with Gasteiger partial charge < -0.3 is 10.1 Å². The number of hydrogen-bond acceptors (Lipinski definition) is 2. The van der Waals surface area contributed by atoms with E-state index in [9.17, 15) is 0 Å². The second-order valence-electron chi connectivity index (χ2n) is 5.46. The Hall–Kier alpha value is -0.860. The van der Waals surface area contributed by atoms with Crippen LogP contribution in [0.25, 0.3) is 0 Å². The predicted octanol–water partition coefficient (Wildman–Crippen LogP) is 2.71. The number of aryl methyl sites for hydroxylation is 1. The van der Waals surface area contributed by atoms with Gasteiger partial charge in [0.1, 0.15) is 0 Å². The van der Waals surface area contributed by atoms with Gasteiger partial charge in [-0.15, -0.1) is 0 Å². The average molecular weight is 231 g/mol. The van der Waals surface area contributed by atoms with Crippen molar-refractivity contribution >= 4 is 0 Å². The van der Waals surface area contributed by atoms with Gasteiger partial charge in [0.25, 0.3) is 0 Å². The number of nitrogens with one attached hydrogen (secondary N) is 1. The summed E-state index contributed by atoms with van der Waals surface area (Å²) in [5.74, 6) is 0. The fraction of sp³-hybridized carbons (Fsp3) is 0.600. The lowest BCUT2D eigenvalue weighted by molar-refractivity contribution is 0.0973. The van der Waals surface area contributed by atoms with Gasteiger partial charge in [0.05, 0.1) is 12.2 Å². The van der Waals surface area contributed by atoms with Gasteiger partial charge in [-0.3, -0.25) is 0 Å². The highest BCUT2D eigenvalue weighted by atomic mass is 16.5. The summed E-state index contributed by atoms with van der Waals surface area (Å²) in [6, 6.07) is 7.13. The molecule has 1 aromatic carbocycles. The van der Waals surface area contributed by atoms with E-state index < -0.39 is 0 Å². The van der Waals surface area contributed by atoms with Crippen LogP contribution < -0.4 is 5.32 Å². The molecule has 1 aromatic rings. The van der Waals surface area contributed by atoms with Crippen LogP contribution in [0.5, 0.6) is 0 Å². The van der Waals surface area contributed by atoms with Crippen molar-refractivity contribution in [1.82, 2.24) is 5.32 Å². The topological polar surface area (TPSA) is 21.3 Å². The maximum Gasteiger partial charge on any atom is 0.0733 e. The second kappa shape index (κ2) is 4.43. The van der Waals surface area contributed by atoms with Crippen LogP contribution in [0.3, 0.4) is 0 Å². The monoisotopic (exact) mass is 231 g/mol. The smallest absolute Gasteiger partial charge is 0.0733 e. The molecule has 2 aliphatic rings. The van der Waals surface area contributed by atoms with E-state index in [0.29, 0.717) is 18.2 Å². The lowest BCUT2D eigenvalue weighted by Gasteiger charge is -2.21. The second-order valence-corrected chi connectivity index (χ2v) is 5.46. The predicted molar refractivity (Wildman–Crippen MR) is 69.1 cm³/mol. The molecule has 2 nitrogen and oxygen atoms in total. The SMILES string of the molecule is Cc1cccc(CNC2CC3CCC2O3)c1C. The van der Waals surface area contributed by atoms with E-state index in [1.165, 1.54) is 36.0 Å². The summed E-state index contributed by atoms with van der Waals surface area (Å²) in [4.78, 5) is 0. The van der Waals surface area contributed by atoms with Crippen LogP contribution >= 0.6 is 0 Å². The van der Waals surface area contributed by atoms with Gasteiger partial charge in [0.2, 0.25) is 0 Å². The molecule has 0 amide bonds. The maximum atomic E-state index is 5.86. The average Bonchev–Trinajstić information content (AvgIpc) is 2.93. The Balaban J connectivity index is 1.62. The lowest BCUT2D eigenvalue weighted by atomic mass is 9.95. The minimum atomic E-state index is 0.477. The molecule has 3 unspecified atom stereocenters. The Kier molecular flexibility index (Phi) is 2.93. The zero-order valence-electron chi connectivity index (χ0n) is 10.7. The normalized spacial score (nSPS) is 31.1. The van der Waals surface area contributed by atoms with Gasteiger partial charge in [-0.1, -0.05) is 18.2 Å². The zero-order chi connectivity index (χ0) is 11.8. The van der Waals surface area contributed by atoms with Gasteiger partial charge in [-0.25, -0.2) is 0 Å². The van der Waals surface area contributed by atoms with Gasteiger partial charge >= 0.3 is 0 Å². The minimum absolute atomic E-state index is 0.477. The van der Waals surface area contributed by atoms with E-state index in [1.54, 1.807) is 0 Å². The minimum Gasteiger partial charge on any atom is -0.373 e. The van der Waals surface area contributed by atoms with E-state index in [4.69, 9.17) is 4.74 Å². The zero-order valence-corrected chi connectivity index (χ0v) is 10.7. The molecule has 0 radical (unpaired) electrons. The van der Waals surface area contributed by atoms with Crippen molar-refractivity contribution < 1.29 is 4.74 Å². The van der Waals surface area contributed by atoms with E-state index in [1.807, 2.05) is 0 Å². The van der Waals surface area contributed by atoms with E-state index in [-0.39, 0.29) is 0 Å². The van der Waals surface area contributed by atoms with Crippen LogP contribution in [-0.2, 0) is 11.3 Å². The summed E-state index contributed by atoms with van der Waals surface area (Å²) in [7, 11) is 0. The Morgan fingerprint density at radius 1 is 1.29 bits per heavy atom. The molecule has 3 rings (SSSR count). The maximum absolute atomic E-state index is 5.86. The number of fused-ring (bicyclic) bond motifs is 2. The van der Waals surface area contributed by atoms with Crippen molar-refractivity contribution in [2.75, 3.05) is 0 Å². The van der Waals surface area contributed by atoms with Crippen LogP contribution in [0.4, 0.5) is 0 Å². The molecule has 2 heterocycles. The molecule has 0 saturated carbocycles. The summed E-state index contributed by atoms with van der Waals surface area (Å²) in [6.07, 6.45) is 4.73. The molecule has 0 spiro atoms. The van der Waals surface area contributed by atoms with Crippen molar-refractivity contribution in [2.24, 2.45) is 0 Å². The Labute approximate surface area is 103 Å². The fourth-order valence-electron chi connectivity index (χ4n) is 3.10. The first-order chi connectivity index (χ1) is 8.24. The third-order valence-corrected chi connectivity index (χ3v) is 4.38. The molecule has 2 saturated heterocycles. The first-order valence-corrected chi connectivity index (χ1v) is 6.68. The lowest BCUT2D eigenvalue weighted by Crippen LogP contribution is -2.37. The highest BCUT2D eigenvalue weighted by Crippen LogP contribution is 2.34. The molecule has 0 aromatic heterocycles. The third kappa shape index (κ3) is 2.12. The molecule has 17 heavy (non-hydrogen) atoms. The van der Waals surface area contributed by atoms with Crippen LogP contribution in [0.1, 0.15) is 36.0 Å². The number of ether oxygens (including phenoxy) is 1. The van der Waals surface area contributed by atoms with Crippen molar-refractivity contribution in [1.29, 1.82) is 0 Å². The van der Waals surface area contributed by atoms with Gasteiger partial charge in [-0.2, -0.15) is 0 Å². The summed E-state index contributed by atoms with van der Waals surface area (Å²) in [6.45, 7) is 5.37. The first kappa shape index (κ1) is 11.2. The third-order valence-electron chi connectivity index (χ3n) is 4.38. The molecule has 2 bridgehead atoms. The van der Waals surface area contributed by atoms with Gasteiger partial charge in [-0.05, 0) is 49.8 Å². The van der Waals surface area contributed by atoms with E-state index in [2.05, 4.69) is 37.4 Å². The Morgan fingerprint density at radius 2 is 2.18 bits per heavy atom. The molecular formula is C15H21NO.